The Morgan fingerprint density at radius 3 is 2.80 bits per heavy atom. The van der Waals surface area contributed by atoms with Gasteiger partial charge in [-0.25, -0.2) is 9.78 Å². The molecule has 1 aromatic heterocycles. The Bertz CT molecular complexity index is 641. The van der Waals surface area contributed by atoms with Gasteiger partial charge >= 0.3 is 5.97 Å². The molecule has 5 heteroatoms. The lowest BCUT2D eigenvalue weighted by atomic mass is 10.1. The molecule has 0 atom stereocenters. The number of carboxylic acids is 1. The topological polar surface area (TPSA) is 79.5 Å². The van der Waals surface area contributed by atoms with Crippen molar-refractivity contribution in [3.8, 4) is 0 Å². The van der Waals surface area contributed by atoms with Gasteiger partial charge in [-0.15, -0.1) is 0 Å². The van der Waals surface area contributed by atoms with Crippen molar-refractivity contribution in [2.45, 2.75) is 13.5 Å². The van der Waals surface area contributed by atoms with Gasteiger partial charge < -0.3 is 15.7 Å². The number of nitrogens with zero attached hydrogens (tertiary/aromatic N) is 2. The van der Waals surface area contributed by atoms with Gasteiger partial charge in [-0.2, -0.15) is 0 Å². The van der Waals surface area contributed by atoms with Crippen LogP contribution in [0.25, 0.3) is 0 Å². The molecular weight excluding hydrogens is 254 g/mol. The summed E-state index contributed by atoms with van der Waals surface area (Å²) >= 11 is 0. The lowest BCUT2D eigenvalue weighted by Crippen LogP contribution is -2.21. The van der Waals surface area contributed by atoms with Crippen molar-refractivity contribution in [2.75, 3.05) is 17.7 Å². The Morgan fingerprint density at radius 2 is 2.15 bits per heavy atom. The number of hydrogen-bond donors (Lipinski definition) is 2. The summed E-state index contributed by atoms with van der Waals surface area (Å²) < 4.78 is 0. The monoisotopic (exact) mass is 271 g/mol. The van der Waals surface area contributed by atoms with Crippen LogP contribution in [0, 0.1) is 6.92 Å². The molecule has 1 heterocycles. The highest BCUT2D eigenvalue weighted by Crippen LogP contribution is 2.21. The Balaban J connectivity index is 2.29. The van der Waals surface area contributed by atoms with Crippen LogP contribution in [0.5, 0.6) is 0 Å². The number of aryl methyl sites for hydroxylation is 1. The maximum atomic E-state index is 11.3. The number of carbonyl (C=O) groups is 1. The summed E-state index contributed by atoms with van der Waals surface area (Å²) in [4.78, 5) is 17.2. The molecule has 0 unspecified atom stereocenters. The number of anilines is 2. The summed E-state index contributed by atoms with van der Waals surface area (Å²) in [5, 5.41) is 9.23. The van der Waals surface area contributed by atoms with Crippen LogP contribution in [0.15, 0.2) is 36.5 Å². The van der Waals surface area contributed by atoms with E-state index in [1.165, 1.54) is 17.8 Å². The molecule has 0 aliphatic rings. The fourth-order valence-corrected chi connectivity index (χ4v) is 2.09. The van der Waals surface area contributed by atoms with Crippen LogP contribution in [0.3, 0.4) is 0 Å². The number of benzene rings is 1. The minimum absolute atomic E-state index is 0.111. The van der Waals surface area contributed by atoms with Crippen LogP contribution < -0.4 is 10.6 Å². The zero-order valence-corrected chi connectivity index (χ0v) is 11.5. The smallest absolute Gasteiger partial charge is 0.339 e. The summed E-state index contributed by atoms with van der Waals surface area (Å²) in [6.45, 7) is 2.60. The van der Waals surface area contributed by atoms with E-state index in [0.29, 0.717) is 18.1 Å². The van der Waals surface area contributed by atoms with Crippen molar-refractivity contribution in [1.82, 2.24) is 4.98 Å². The van der Waals surface area contributed by atoms with Gasteiger partial charge in [0.2, 0.25) is 0 Å². The quantitative estimate of drug-likeness (QED) is 0.892. The van der Waals surface area contributed by atoms with E-state index in [-0.39, 0.29) is 5.56 Å². The first kappa shape index (κ1) is 13.9. The van der Waals surface area contributed by atoms with Gasteiger partial charge in [0, 0.05) is 13.6 Å². The van der Waals surface area contributed by atoms with Crippen LogP contribution in [-0.2, 0) is 6.54 Å². The first-order valence-electron chi connectivity index (χ1n) is 6.23. The molecule has 0 saturated carbocycles. The van der Waals surface area contributed by atoms with Gasteiger partial charge in [0.05, 0.1) is 11.9 Å². The second-order valence-corrected chi connectivity index (χ2v) is 4.79. The molecule has 2 aromatic rings. The van der Waals surface area contributed by atoms with Crippen LogP contribution in [0.4, 0.5) is 11.5 Å². The standard InChI is InChI=1S/C15H17N3O2/c1-10-4-3-5-11(6-10)9-18(2)14-13(15(19)20)7-12(16)8-17-14/h3-8H,9,16H2,1-2H3,(H,19,20). The number of pyridine rings is 1. The SMILES string of the molecule is Cc1cccc(CN(C)c2ncc(N)cc2C(=O)O)c1. The van der Waals surface area contributed by atoms with E-state index in [1.807, 2.05) is 32.2 Å². The lowest BCUT2D eigenvalue weighted by Gasteiger charge is -2.20. The third-order valence-electron chi connectivity index (χ3n) is 2.98. The summed E-state index contributed by atoms with van der Waals surface area (Å²) in [5.74, 6) is -0.621. The van der Waals surface area contributed by atoms with Crippen molar-refractivity contribution < 1.29 is 9.90 Å². The molecular formula is C15H17N3O2. The van der Waals surface area contributed by atoms with Crippen LogP contribution in [0.2, 0.25) is 0 Å². The third-order valence-corrected chi connectivity index (χ3v) is 2.98. The number of rotatable bonds is 4. The Morgan fingerprint density at radius 1 is 1.40 bits per heavy atom. The number of aromatic carboxylic acids is 1. The maximum absolute atomic E-state index is 11.3. The minimum atomic E-state index is -1.03. The summed E-state index contributed by atoms with van der Waals surface area (Å²) in [6, 6.07) is 9.49. The van der Waals surface area contributed by atoms with E-state index in [9.17, 15) is 9.90 Å². The van der Waals surface area contributed by atoms with Crippen molar-refractivity contribution in [3.05, 3.63) is 53.2 Å². The van der Waals surface area contributed by atoms with Crippen molar-refractivity contribution >= 4 is 17.5 Å². The third kappa shape index (κ3) is 3.06. The largest absolute Gasteiger partial charge is 0.478 e. The predicted molar refractivity (Wildman–Crippen MR) is 78.9 cm³/mol. The van der Waals surface area contributed by atoms with E-state index in [1.54, 1.807) is 4.90 Å². The van der Waals surface area contributed by atoms with Crippen molar-refractivity contribution in [3.63, 3.8) is 0 Å². The highest BCUT2D eigenvalue weighted by atomic mass is 16.4. The number of aromatic nitrogens is 1. The molecule has 0 amide bonds. The first-order chi connectivity index (χ1) is 9.47. The molecule has 0 aliphatic carbocycles. The number of nitrogens with two attached hydrogens (primary N) is 1. The summed E-state index contributed by atoms with van der Waals surface area (Å²) in [5.41, 5.74) is 8.31. The normalized spacial score (nSPS) is 10.3. The second kappa shape index (κ2) is 5.61. The molecule has 104 valence electrons. The molecule has 5 nitrogen and oxygen atoms in total. The van der Waals surface area contributed by atoms with Crippen LogP contribution in [-0.4, -0.2) is 23.1 Å². The fraction of sp³-hybridized carbons (Fsp3) is 0.200. The Labute approximate surface area is 117 Å². The molecule has 3 N–H and O–H groups in total. The molecule has 2 rings (SSSR count). The highest BCUT2D eigenvalue weighted by molar-refractivity contribution is 5.94. The van der Waals surface area contributed by atoms with Crippen molar-refractivity contribution in [2.24, 2.45) is 0 Å². The molecule has 0 aliphatic heterocycles. The highest BCUT2D eigenvalue weighted by Gasteiger charge is 2.15. The first-order valence-corrected chi connectivity index (χ1v) is 6.23. The van der Waals surface area contributed by atoms with E-state index < -0.39 is 5.97 Å². The van der Waals surface area contributed by atoms with E-state index in [4.69, 9.17) is 5.73 Å². The number of nitrogen functional groups attached to an aromatic ring is 1. The van der Waals surface area contributed by atoms with Gasteiger partial charge in [0.25, 0.3) is 0 Å². The van der Waals surface area contributed by atoms with E-state index >= 15 is 0 Å². The molecule has 0 spiro atoms. The molecule has 1 aromatic carbocycles. The van der Waals surface area contributed by atoms with Gasteiger partial charge in [0.1, 0.15) is 11.4 Å². The summed E-state index contributed by atoms with van der Waals surface area (Å²) in [6.07, 6.45) is 1.47. The molecule has 0 radical (unpaired) electrons. The maximum Gasteiger partial charge on any atom is 0.339 e. The summed E-state index contributed by atoms with van der Waals surface area (Å²) in [7, 11) is 1.81. The van der Waals surface area contributed by atoms with Gasteiger partial charge in [-0.1, -0.05) is 29.8 Å². The van der Waals surface area contributed by atoms with E-state index in [2.05, 4.69) is 11.1 Å². The lowest BCUT2D eigenvalue weighted by molar-refractivity contribution is 0.0697. The Hall–Kier alpha value is -2.56. The minimum Gasteiger partial charge on any atom is -0.478 e. The van der Waals surface area contributed by atoms with Gasteiger partial charge in [-0.05, 0) is 18.6 Å². The molecule has 20 heavy (non-hydrogen) atoms. The average molecular weight is 271 g/mol. The number of hydrogen-bond acceptors (Lipinski definition) is 4. The average Bonchev–Trinajstić information content (AvgIpc) is 2.38. The zero-order valence-electron chi connectivity index (χ0n) is 11.5. The second-order valence-electron chi connectivity index (χ2n) is 4.79. The number of carboxylic acid groups (broad SMARTS) is 1. The fourth-order valence-electron chi connectivity index (χ4n) is 2.09. The van der Waals surface area contributed by atoms with Gasteiger partial charge in [-0.3, -0.25) is 0 Å². The Kier molecular flexibility index (Phi) is 3.89. The predicted octanol–water partition coefficient (Wildman–Crippen LogP) is 2.31. The van der Waals surface area contributed by atoms with Crippen LogP contribution >= 0.6 is 0 Å². The van der Waals surface area contributed by atoms with Gasteiger partial charge in [0.15, 0.2) is 0 Å². The van der Waals surface area contributed by atoms with Crippen molar-refractivity contribution in [1.29, 1.82) is 0 Å². The van der Waals surface area contributed by atoms with Crippen LogP contribution in [0.1, 0.15) is 21.5 Å². The molecule has 0 saturated heterocycles. The molecule has 0 bridgehead atoms. The van der Waals surface area contributed by atoms with E-state index in [0.717, 1.165) is 5.56 Å². The molecule has 0 fully saturated rings. The zero-order chi connectivity index (χ0) is 14.7.